The van der Waals surface area contributed by atoms with Crippen molar-refractivity contribution in [3.05, 3.63) is 22.9 Å². The van der Waals surface area contributed by atoms with E-state index in [-0.39, 0.29) is 5.69 Å². The van der Waals surface area contributed by atoms with Crippen LogP contribution in [0.2, 0.25) is 0 Å². The fourth-order valence-electron chi connectivity index (χ4n) is 2.75. The van der Waals surface area contributed by atoms with Crippen molar-refractivity contribution in [2.75, 3.05) is 24.5 Å². The maximum absolute atomic E-state index is 11.6. The molecule has 1 aliphatic heterocycles. The summed E-state index contributed by atoms with van der Waals surface area (Å²) in [5.74, 6) is 1.50. The van der Waals surface area contributed by atoms with E-state index in [1.807, 2.05) is 0 Å². The Hall–Kier alpha value is -1.89. The van der Waals surface area contributed by atoms with Crippen LogP contribution < -0.4 is 15.9 Å². The molecule has 7 nitrogen and oxygen atoms in total. The molecular weight excluding hydrogens is 268 g/mol. The van der Waals surface area contributed by atoms with Gasteiger partial charge in [0.2, 0.25) is 5.65 Å². The first kappa shape index (κ1) is 14.1. The quantitative estimate of drug-likeness (QED) is 0.844. The van der Waals surface area contributed by atoms with Gasteiger partial charge in [0.25, 0.3) is 0 Å². The second-order valence-electron chi connectivity index (χ2n) is 6.04. The lowest BCUT2D eigenvalue weighted by Gasteiger charge is -2.18. The van der Waals surface area contributed by atoms with Crippen LogP contribution in [-0.2, 0) is 0 Å². The number of aromatic amines is 1. The van der Waals surface area contributed by atoms with Crippen LogP contribution in [0.15, 0.2) is 17.2 Å². The molecule has 7 heteroatoms. The maximum atomic E-state index is 11.6. The number of aromatic nitrogens is 4. The number of anilines is 1. The summed E-state index contributed by atoms with van der Waals surface area (Å²) in [6, 6.07) is 0.483. The predicted octanol–water partition coefficient (Wildman–Crippen LogP) is 0.632. The number of nitrogens with one attached hydrogen (secondary N) is 2. The molecule has 0 aromatic carbocycles. The second kappa shape index (κ2) is 5.85. The number of fused-ring (bicyclic) bond motifs is 1. The summed E-state index contributed by atoms with van der Waals surface area (Å²) in [5.41, 5.74) is 0.379. The normalized spacial score (nSPS) is 19.0. The van der Waals surface area contributed by atoms with E-state index < -0.39 is 0 Å². The summed E-state index contributed by atoms with van der Waals surface area (Å²) in [7, 11) is 0. The minimum atomic E-state index is -0.223. The van der Waals surface area contributed by atoms with Crippen LogP contribution in [0.3, 0.4) is 0 Å². The zero-order chi connectivity index (χ0) is 14.8. The SMILES string of the molecule is CC(C)CCNC1CCN(c2nccn3c(=O)[nH]nc23)C1. The van der Waals surface area contributed by atoms with Crippen LogP contribution in [0, 0.1) is 5.92 Å². The fourth-order valence-corrected chi connectivity index (χ4v) is 2.75. The van der Waals surface area contributed by atoms with Gasteiger partial charge in [-0.05, 0) is 25.3 Å². The Balaban J connectivity index is 1.69. The zero-order valence-corrected chi connectivity index (χ0v) is 12.5. The first-order valence-electron chi connectivity index (χ1n) is 7.55. The van der Waals surface area contributed by atoms with Gasteiger partial charge in [-0.2, -0.15) is 0 Å². The van der Waals surface area contributed by atoms with Gasteiger partial charge in [-0.25, -0.2) is 19.3 Å². The predicted molar refractivity (Wildman–Crippen MR) is 81.7 cm³/mol. The van der Waals surface area contributed by atoms with Gasteiger partial charge in [0, 0.05) is 31.5 Å². The smallest absolute Gasteiger partial charge is 0.347 e. The highest BCUT2D eigenvalue weighted by molar-refractivity contribution is 5.63. The van der Waals surface area contributed by atoms with Crippen LogP contribution in [0.5, 0.6) is 0 Å². The number of hydrogen-bond acceptors (Lipinski definition) is 5. The van der Waals surface area contributed by atoms with Gasteiger partial charge in [-0.3, -0.25) is 0 Å². The van der Waals surface area contributed by atoms with Crippen molar-refractivity contribution in [2.45, 2.75) is 32.7 Å². The Morgan fingerprint density at radius 3 is 3.19 bits per heavy atom. The Morgan fingerprint density at radius 2 is 2.38 bits per heavy atom. The van der Waals surface area contributed by atoms with Gasteiger partial charge in [-0.1, -0.05) is 13.8 Å². The van der Waals surface area contributed by atoms with Crippen molar-refractivity contribution in [1.29, 1.82) is 0 Å². The van der Waals surface area contributed by atoms with Gasteiger partial charge >= 0.3 is 5.69 Å². The molecule has 0 amide bonds. The second-order valence-corrected chi connectivity index (χ2v) is 6.04. The molecule has 2 aromatic heterocycles. The molecule has 1 aliphatic rings. The molecule has 1 fully saturated rings. The molecule has 114 valence electrons. The molecule has 3 rings (SSSR count). The topological polar surface area (TPSA) is 78.3 Å². The van der Waals surface area contributed by atoms with Gasteiger partial charge < -0.3 is 10.2 Å². The van der Waals surface area contributed by atoms with Crippen molar-refractivity contribution in [3.63, 3.8) is 0 Å². The first-order valence-corrected chi connectivity index (χ1v) is 7.55. The average molecular weight is 290 g/mol. The Kier molecular flexibility index (Phi) is 3.92. The van der Waals surface area contributed by atoms with E-state index in [1.165, 1.54) is 10.8 Å². The molecule has 2 N–H and O–H groups in total. The molecular formula is C14H22N6O. The minimum Gasteiger partial charge on any atom is -0.352 e. The van der Waals surface area contributed by atoms with Gasteiger partial charge in [0.1, 0.15) is 0 Å². The summed E-state index contributed by atoms with van der Waals surface area (Å²) in [6.45, 7) is 7.37. The first-order chi connectivity index (χ1) is 10.1. The highest BCUT2D eigenvalue weighted by Gasteiger charge is 2.25. The number of hydrogen-bond donors (Lipinski definition) is 2. The lowest BCUT2D eigenvalue weighted by Crippen LogP contribution is -2.34. The largest absolute Gasteiger partial charge is 0.352 e. The lowest BCUT2D eigenvalue weighted by molar-refractivity contribution is 0.488. The summed E-state index contributed by atoms with van der Waals surface area (Å²) < 4.78 is 1.50. The molecule has 1 saturated heterocycles. The Labute approximate surface area is 123 Å². The molecule has 0 spiro atoms. The van der Waals surface area contributed by atoms with E-state index in [0.29, 0.717) is 11.7 Å². The zero-order valence-electron chi connectivity index (χ0n) is 12.5. The van der Waals surface area contributed by atoms with Crippen molar-refractivity contribution >= 4 is 11.5 Å². The summed E-state index contributed by atoms with van der Waals surface area (Å²) in [5, 5.41) is 10.1. The third-order valence-corrected chi connectivity index (χ3v) is 3.96. The third kappa shape index (κ3) is 2.92. The van der Waals surface area contributed by atoms with Crippen LogP contribution in [0.25, 0.3) is 5.65 Å². The minimum absolute atomic E-state index is 0.223. The Bertz CT molecular complexity index is 661. The summed E-state index contributed by atoms with van der Waals surface area (Å²) >= 11 is 0. The van der Waals surface area contributed by atoms with Crippen molar-refractivity contribution in [3.8, 4) is 0 Å². The summed E-state index contributed by atoms with van der Waals surface area (Å²) in [6.07, 6.45) is 5.58. The third-order valence-electron chi connectivity index (χ3n) is 3.96. The van der Waals surface area contributed by atoms with Crippen molar-refractivity contribution in [2.24, 2.45) is 5.92 Å². The molecule has 1 unspecified atom stereocenters. The average Bonchev–Trinajstić information content (AvgIpc) is 3.06. The number of H-pyrrole nitrogens is 1. The van der Waals surface area contributed by atoms with Crippen LogP contribution in [-0.4, -0.2) is 45.3 Å². The molecule has 0 saturated carbocycles. The van der Waals surface area contributed by atoms with E-state index in [0.717, 1.165) is 37.8 Å². The summed E-state index contributed by atoms with van der Waals surface area (Å²) in [4.78, 5) is 18.2. The molecule has 0 aliphatic carbocycles. The lowest BCUT2D eigenvalue weighted by atomic mass is 10.1. The van der Waals surface area contributed by atoms with Crippen LogP contribution in [0.1, 0.15) is 26.7 Å². The van der Waals surface area contributed by atoms with Crippen LogP contribution in [0.4, 0.5) is 5.82 Å². The van der Waals surface area contributed by atoms with E-state index in [1.54, 1.807) is 12.4 Å². The van der Waals surface area contributed by atoms with Crippen molar-refractivity contribution in [1.82, 2.24) is 24.9 Å². The van der Waals surface area contributed by atoms with Gasteiger partial charge in [-0.15, -0.1) is 5.10 Å². The Morgan fingerprint density at radius 1 is 1.52 bits per heavy atom. The highest BCUT2D eigenvalue weighted by atomic mass is 16.1. The number of rotatable bonds is 5. The molecule has 3 heterocycles. The maximum Gasteiger partial charge on any atom is 0.347 e. The van der Waals surface area contributed by atoms with Gasteiger partial charge in [0.05, 0.1) is 0 Å². The standard InChI is InChI=1S/C14H22N6O/c1-10(2)3-5-15-11-4-7-19(9-11)12-13-17-18-14(21)20(13)8-6-16-12/h6,8,10-11,15H,3-5,7,9H2,1-2H3,(H,18,21). The van der Waals surface area contributed by atoms with E-state index in [4.69, 9.17) is 0 Å². The highest BCUT2D eigenvalue weighted by Crippen LogP contribution is 2.20. The van der Waals surface area contributed by atoms with E-state index in [9.17, 15) is 4.79 Å². The monoisotopic (exact) mass is 290 g/mol. The van der Waals surface area contributed by atoms with E-state index >= 15 is 0 Å². The van der Waals surface area contributed by atoms with E-state index in [2.05, 4.69) is 39.2 Å². The molecule has 0 bridgehead atoms. The molecule has 2 aromatic rings. The number of nitrogens with zero attached hydrogens (tertiary/aromatic N) is 4. The van der Waals surface area contributed by atoms with Crippen LogP contribution >= 0.6 is 0 Å². The fraction of sp³-hybridized carbons (Fsp3) is 0.643. The van der Waals surface area contributed by atoms with Gasteiger partial charge in [0.15, 0.2) is 5.82 Å². The molecule has 21 heavy (non-hydrogen) atoms. The van der Waals surface area contributed by atoms with Crippen molar-refractivity contribution < 1.29 is 0 Å². The molecule has 1 atom stereocenters. The molecule has 0 radical (unpaired) electrons.